The third-order valence-electron chi connectivity index (χ3n) is 7.14. The van der Waals surface area contributed by atoms with Gasteiger partial charge < -0.3 is 28.4 Å². The lowest BCUT2D eigenvalue weighted by Gasteiger charge is -2.43. The van der Waals surface area contributed by atoms with E-state index in [1.54, 1.807) is 0 Å². The molecular weight excluding hydrogens is 558 g/mol. The highest BCUT2D eigenvalue weighted by Crippen LogP contribution is 2.34. The van der Waals surface area contributed by atoms with Crippen LogP contribution in [0.4, 0.5) is 0 Å². The van der Waals surface area contributed by atoms with Gasteiger partial charge in [0.1, 0.15) is 12.2 Å². The summed E-state index contributed by atoms with van der Waals surface area (Å²) in [6, 6.07) is 26.2. The molecule has 0 spiro atoms. The van der Waals surface area contributed by atoms with Gasteiger partial charge in [-0.15, -0.1) is 0 Å². The lowest BCUT2D eigenvalue weighted by Crippen LogP contribution is -2.66. The number of hydrogen-bond acceptors (Lipinski definition) is 10. The number of ether oxygens (including phenoxy) is 6. The van der Waals surface area contributed by atoms with Gasteiger partial charge in [0.15, 0.2) is 18.1 Å². The summed E-state index contributed by atoms with van der Waals surface area (Å²) in [7, 11) is 2.16. The van der Waals surface area contributed by atoms with E-state index >= 15 is 0 Å². The first-order chi connectivity index (χ1) is 20.9. The molecule has 1 aliphatic rings. The monoisotopic (exact) mass is 593 g/mol. The van der Waals surface area contributed by atoms with Crippen LogP contribution in [0.25, 0.3) is 0 Å². The average molecular weight is 594 g/mol. The Morgan fingerprint density at radius 1 is 0.744 bits per heavy atom. The topological polar surface area (TPSA) is 133 Å². The van der Waals surface area contributed by atoms with Crippen LogP contribution in [0.15, 0.2) is 91.0 Å². The molecule has 0 amide bonds. The van der Waals surface area contributed by atoms with Crippen molar-refractivity contribution in [1.29, 1.82) is 0 Å². The maximum atomic E-state index is 12.8. The normalized spacial score (nSPS) is 21.7. The van der Waals surface area contributed by atoms with E-state index in [2.05, 4.69) is 0 Å². The second kappa shape index (κ2) is 15.9. The summed E-state index contributed by atoms with van der Waals surface area (Å²) < 4.78 is 34.4. The van der Waals surface area contributed by atoms with E-state index in [0.29, 0.717) is 0 Å². The van der Waals surface area contributed by atoms with Gasteiger partial charge in [0.25, 0.3) is 6.04 Å². The first-order valence-corrected chi connectivity index (χ1v) is 13.8. The summed E-state index contributed by atoms with van der Waals surface area (Å²) in [5, 5.41) is 12.7. The van der Waals surface area contributed by atoms with Crippen molar-refractivity contribution in [3.8, 4) is 0 Å². The van der Waals surface area contributed by atoms with Crippen molar-refractivity contribution in [2.75, 3.05) is 20.8 Å². The van der Waals surface area contributed by atoms with E-state index in [1.807, 2.05) is 91.0 Å². The summed E-state index contributed by atoms with van der Waals surface area (Å²) >= 11 is 0. The molecule has 1 heterocycles. The molecule has 1 fully saturated rings. The molecule has 0 saturated carbocycles. The summed E-state index contributed by atoms with van der Waals surface area (Å²) in [6.07, 6.45) is -4.83. The van der Waals surface area contributed by atoms with Crippen molar-refractivity contribution in [2.24, 2.45) is 5.92 Å². The molecule has 0 aromatic heterocycles. The summed E-state index contributed by atoms with van der Waals surface area (Å²) in [4.78, 5) is 37.8. The Morgan fingerprint density at radius 2 is 1.19 bits per heavy atom. The Morgan fingerprint density at radius 3 is 1.63 bits per heavy atom. The van der Waals surface area contributed by atoms with Gasteiger partial charge in [0, 0.05) is 4.92 Å². The molecule has 1 aliphatic heterocycles. The van der Waals surface area contributed by atoms with Gasteiger partial charge in [-0.2, -0.15) is 0 Å². The highest BCUT2D eigenvalue weighted by Gasteiger charge is 2.59. The third kappa shape index (κ3) is 8.45. The number of carbonyl (C=O) groups excluding carboxylic acids is 2. The number of methoxy groups -OCH3 is 2. The van der Waals surface area contributed by atoms with Gasteiger partial charge in [-0.3, -0.25) is 19.7 Å². The number of hydrogen-bond donors (Lipinski definition) is 0. The maximum Gasteiger partial charge on any atom is 0.323 e. The molecule has 5 atom stereocenters. The van der Waals surface area contributed by atoms with Gasteiger partial charge in [-0.05, 0) is 16.7 Å². The number of carbonyl (C=O) groups is 2. The predicted molar refractivity (Wildman–Crippen MR) is 153 cm³/mol. The van der Waals surface area contributed by atoms with Crippen LogP contribution in [-0.2, 0) is 57.8 Å². The number of esters is 2. The van der Waals surface area contributed by atoms with Crippen molar-refractivity contribution in [1.82, 2.24) is 0 Å². The van der Waals surface area contributed by atoms with E-state index < -0.39 is 53.2 Å². The standard InChI is InChI=1S/C32H35NO10/c1-38-31(34)26(32(35)39-2)29-27(33(36)37)30(42-20-24-16-10-5-11-17-24)28(41-19-23-14-8-4-9-15-23)25(43-29)21-40-18-22-12-6-3-7-13-22/h3-17,25-30H,18-21H2,1-2H3/t25-,27+,28-,29-,30-/m1/s1. The van der Waals surface area contributed by atoms with E-state index in [9.17, 15) is 19.7 Å². The number of nitro groups is 1. The molecule has 228 valence electrons. The van der Waals surface area contributed by atoms with Crippen LogP contribution in [0, 0.1) is 16.0 Å². The second-order valence-electron chi connectivity index (χ2n) is 9.96. The largest absolute Gasteiger partial charge is 0.468 e. The lowest BCUT2D eigenvalue weighted by atomic mass is 9.85. The van der Waals surface area contributed by atoms with Crippen molar-refractivity contribution in [2.45, 2.75) is 50.3 Å². The summed E-state index contributed by atoms with van der Waals surface area (Å²) in [5.74, 6) is -3.81. The van der Waals surface area contributed by atoms with E-state index in [4.69, 9.17) is 28.4 Å². The van der Waals surface area contributed by atoms with Crippen molar-refractivity contribution >= 4 is 11.9 Å². The van der Waals surface area contributed by atoms with Crippen LogP contribution in [-0.4, -0.2) is 68.1 Å². The van der Waals surface area contributed by atoms with Gasteiger partial charge in [0.05, 0.1) is 40.6 Å². The molecule has 0 N–H and O–H groups in total. The molecule has 11 heteroatoms. The lowest BCUT2D eigenvalue weighted by molar-refractivity contribution is -0.563. The Labute approximate surface area is 249 Å². The number of rotatable bonds is 14. The maximum absolute atomic E-state index is 12.8. The van der Waals surface area contributed by atoms with Crippen molar-refractivity contribution < 1.29 is 42.9 Å². The Bertz CT molecular complexity index is 1290. The molecule has 0 unspecified atom stereocenters. The van der Waals surface area contributed by atoms with Crippen LogP contribution in [0.5, 0.6) is 0 Å². The first-order valence-electron chi connectivity index (χ1n) is 13.8. The first kappa shape index (κ1) is 31.8. The fraction of sp³-hybridized carbons (Fsp3) is 0.375. The fourth-order valence-corrected chi connectivity index (χ4v) is 5.02. The Hall–Kier alpha value is -4.16. The number of nitrogens with zero attached hydrogens (tertiary/aromatic N) is 1. The quantitative estimate of drug-likeness (QED) is 0.118. The minimum absolute atomic E-state index is 0.00642. The third-order valence-corrected chi connectivity index (χ3v) is 7.14. The molecule has 11 nitrogen and oxygen atoms in total. The highest BCUT2D eigenvalue weighted by molar-refractivity contribution is 5.95. The van der Waals surface area contributed by atoms with E-state index in [1.165, 1.54) is 0 Å². The van der Waals surface area contributed by atoms with Crippen molar-refractivity contribution in [3.63, 3.8) is 0 Å². The molecule has 1 saturated heterocycles. The van der Waals surface area contributed by atoms with Crippen LogP contribution in [0.1, 0.15) is 16.7 Å². The Balaban J connectivity index is 1.71. The zero-order valence-corrected chi connectivity index (χ0v) is 24.0. The summed E-state index contributed by atoms with van der Waals surface area (Å²) in [5.41, 5.74) is 2.50. The Kier molecular flexibility index (Phi) is 11.7. The van der Waals surface area contributed by atoms with Gasteiger partial charge in [-0.1, -0.05) is 91.0 Å². The zero-order chi connectivity index (χ0) is 30.6. The molecule has 0 radical (unpaired) electrons. The zero-order valence-electron chi connectivity index (χ0n) is 24.0. The molecule has 3 aromatic carbocycles. The average Bonchev–Trinajstić information content (AvgIpc) is 3.04. The molecule has 0 aliphatic carbocycles. The smallest absolute Gasteiger partial charge is 0.323 e. The molecule has 0 bridgehead atoms. The fourth-order valence-electron chi connectivity index (χ4n) is 5.02. The SMILES string of the molecule is COC(=O)C(C(=O)OC)[C@H]1O[C@H](COCc2ccccc2)[C@@H](OCc2ccccc2)[C@H](OCc2ccccc2)[C@H]1[N+](=O)[O-]. The highest BCUT2D eigenvalue weighted by atomic mass is 16.7. The van der Waals surface area contributed by atoms with Gasteiger partial charge >= 0.3 is 11.9 Å². The molecule has 43 heavy (non-hydrogen) atoms. The molecule has 3 aromatic rings. The van der Waals surface area contributed by atoms with Gasteiger partial charge in [0.2, 0.25) is 0 Å². The van der Waals surface area contributed by atoms with E-state index in [0.717, 1.165) is 30.9 Å². The minimum atomic E-state index is -1.75. The summed E-state index contributed by atoms with van der Waals surface area (Å²) in [6.45, 7) is 0.256. The van der Waals surface area contributed by atoms with Crippen LogP contribution >= 0.6 is 0 Å². The number of benzene rings is 3. The van der Waals surface area contributed by atoms with E-state index in [-0.39, 0.29) is 26.4 Å². The second-order valence-corrected chi connectivity index (χ2v) is 9.96. The van der Waals surface area contributed by atoms with Crippen LogP contribution < -0.4 is 0 Å². The molecular formula is C32H35NO10. The minimum Gasteiger partial charge on any atom is -0.468 e. The van der Waals surface area contributed by atoms with Gasteiger partial charge in [-0.25, -0.2) is 0 Å². The predicted octanol–water partition coefficient (Wildman–Crippen LogP) is 3.75. The molecule has 4 rings (SSSR count). The van der Waals surface area contributed by atoms with Crippen LogP contribution in [0.2, 0.25) is 0 Å². The van der Waals surface area contributed by atoms with Crippen molar-refractivity contribution in [3.05, 3.63) is 118 Å². The van der Waals surface area contributed by atoms with Crippen LogP contribution in [0.3, 0.4) is 0 Å².